The van der Waals surface area contributed by atoms with E-state index in [2.05, 4.69) is 18.8 Å². The standard InChI is InChI=1S/C19H27ClO/c1-2-3-4-5-6-7-12-17-21-19-15-9-8-13-18(19)14-10-11-16-20/h8-9,13,15H,2-7,11-12,16-17H2,1H3. The summed E-state index contributed by atoms with van der Waals surface area (Å²) in [5, 5.41) is 0. The van der Waals surface area contributed by atoms with E-state index < -0.39 is 0 Å². The lowest BCUT2D eigenvalue weighted by atomic mass is 10.1. The number of unbranched alkanes of at least 4 members (excludes halogenated alkanes) is 6. The van der Waals surface area contributed by atoms with E-state index in [-0.39, 0.29) is 0 Å². The molecule has 0 saturated carbocycles. The summed E-state index contributed by atoms with van der Waals surface area (Å²) in [5.74, 6) is 7.66. The normalized spacial score (nSPS) is 10.0. The van der Waals surface area contributed by atoms with Crippen LogP contribution in [0, 0.1) is 11.8 Å². The van der Waals surface area contributed by atoms with E-state index in [1.165, 1.54) is 38.5 Å². The Bertz CT molecular complexity index is 431. The zero-order valence-electron chi connectivity index (χ0n) is 13.2. The van der Waals surface area contributed by atoms with E-state index in [1.54, 1.807) is 0 Å². The SMILES string of the molecule is CCCCCCCCCOc1ccccc1C#CCCCl. The van der Waals surface area contributed by atoms with E-state index >= 15 is 0 Å². The van der Waals surface area contributed by atoms with Crippen LogP contribution in [-0.4, -0.2) is 12.5 Å². The molecule has 0 aliphatic heterocycles. The molecule has 0 heterocycles. The third-order valence-corrected chi connectivity index (χ3v) is 3.52. The molecule has 0 radical (unpaired) electrons. The molecule has 0 aromatic heterocycles. The van der Waals surface area contributed by atoms with Gasteiger partial charge in [0.05, 0.1) is 12.2 Å². The first kappa shape index (κ1) is 17.9. The molecule has 0 N–H and O–H groups in total. The van der Waals surface area contributed by atoms with Crippen molar-refractivity contribution in [2.24, 2.45) is 0 Å². The molecule has 0 aliphatic carbocycles. The number of benzene rings is 1. The minimum Gasteiger partial charge on any atom is -0.492 e. The molecular formula is C19H27ClO. The second-order valence-corrected chi connectivity index (χ2v) is 5.58. The Morgan fingerprint density at radius 2 is 1.71 bits per heavy atom. The lowest BCUT2D eigenvalue weighted by molar-refractivity contribution is 0.303. The van der Waals surface area contributed by atoms with Gasteiger partial charge in [-0.2, -0.15) is 0 Å². The lowest BCUT2D eigenvalue weighted by Gasteiger charge is -2.08. The van der Waals surface area contributed by atoms with Crippen LogP contribution in [0.5, 0.6) is 5.75 Å². The molecule has 1 nitrogen and oxygen atoms in total. The van der Waals surface area contributed by atoms with Crippen LogP contribution >= 0.6 is 11.6 Å². The van der Waals surface area contributed by atoms with Gasteiger partial charge in [0.1, 0.15) is 5.75 Å². The van der Waals surface area contributed by atoms with Gasteiger partial charge in [-0.25, -0.2) is 0 Å². The zero-order valence-corrected chi connectivity index (χ0v) is 13.9. The van der Waals surface area contributed by atoms with E-state index in [0.717, 1.165) is 24.3 Å². The van der Waals surface area contributed by atoms with Crippen molar-refractivity contribution in [2.45, 2.75) is 58.3 Å². The molecule has 0 fully saturated rings. The summed E-state index contributed by atoms with van der Waals surface area (Å²) in [7, 11) is 0. The average Bonchev–Trinajstić information content (AvgIpc) is 2.51. The first-order valence-electron chi connectivity index (χ1n) is 8.15. The molecule has 1 aromatic rings. The van der Waals surface area contributed by atoms with Crippen molar-refractivity contribution >= 4 is 11.6 Å². The Morgan fingerprint density at radius 1 is 1.00 bits per heavy atom. The highest BCUT2D eigenvalue weighted by molar-refractivity contribution is 6.18. The molecule has 0 aliphatic rings. The number of rotatable bonds is 10. The van der Waals surface area contributed by atoms with Gasteiger partial charge in [-0.3, -0.25) is 0 Å². The lowest BCUT2D eigenvalue weighted by Crippen LogP contribution is -1.99. The van der Waals surface area contributed by atoms with Crippen LogP contribution < -0.4 is 4.74 Å². The molecule has 2 heteroatoms. The Labute approximate surface area is 135 Å². The third-order valence-electron chi connectivity index (χ3n) is 3.34. The minimum absolute atomic E-state index is 0.577. The van der Waals surface area contributed by atoms with Crippen molar-refractivity contribution in [1.29, 1.82) is 0 Å². The van der Waals surface area contributed by atoms with Crippen molar-refractivity contribution in [3.63, 3.8) is 0 Å². The number of alkyl halides is 1. The van der Waals surface area contributed by atoms with Crippen molar-refractivity contribution in [3.8, 4) is 17.6 Å². The fourth-order valence-electron chi connectivity index (χ4n) is 2.14. The minimum atomic E-state index is 0.577. The van der Waals surface area contributed by atoms with E-state index in [9.17, 15) is 0 Å². The van der Waals surface area contributed by atoms with E-state index in [0.29, 0.717) is 12.3 Å². The predicted molar refractivity (Wildman–Crippen MR) is 92.1 cm³/mol. The Balaban J connectivity index is 2.24. The summed E-state index contributed by atoms with van der Waals surface area (Å²) in [6.45, 7) is 3.03. The molecule has 0 bridgehead atoms. The molecule has 0 amide bonds. The topological polar surface area (TPSA) is 9.23 Å². The van der Waals surface area contributed by atoms with Crippen molar-refractivity contribution in [2.75, 3.05) is 12.5 Å². The summed E-state index contributed by atoms with van der Waals surface area (Å²) in [6, 6.07) is 7.98. The van der Waals surface area contributed by atoms with Crippen LogP contribution in [0.1, 0.15) is 63.9 Å². The van der Waals surface area contributed by atoms with Gasteiger partial charge in [0.25, 0.3) is 0 Å². The Hall–Kier alpha value is -1.13. The average molecular weight is 307 g/mol. The Kier molecular flexibility index (Phi) is 10.8. The summed E-state index contributed by atoms with van der Waals surface area (Å²) in [5.41, 5.74) is 0.963. The van der Waals surface area contributed by atoms with Crippen LogP contribution in [-0.2, 0) is 0 Å². The quantitative estimate of drug-likeness (QED) is 0.302. The molecule has 21 heavy (non-hydrogen) atoms. The monoisotopic (exact) mass is 306 g/mol. The maximum atomic E-state index is 5.86. The molecule has 0 saturated heterocycles. The second kappa shape index (κ2) is 12.6. The third kappa shape index (κ3) is 8.68. The van der Waals surface area contributed by atoms with Crippen LogP contribution in [0.25, 0.3) is 0 Å². The fourth-order valence-corrected chi connectivity index (χ4v) is 2.24. The van der Waals surface area contributed by atoms with Crippen molar-refractivity contribution in [3.05, 3.63) is 29.8 Å². The number of hydrogen-bond acceptors (Lipinski definition) is 1. The van der Waals surface area contributed by atoms with Crippen LogP contribution in [0.4, 0.5) is 0 Å². The summed E-state index contributed by atoms with van der Waals surface area (Å²) in [4.78, 5) is 0. The molecule has 1 rings (SSSR count). The number of halogens is 1. The summed E-state index contributed by atoms with van der Waals surface area (Å²) >= 11 is 5.64. The van der Waals surface area contributed by atoms with Crippen LogP contribution in [0.3, 0.4) is 0 Å². The predicted octanol–water partition coefficient (Wildman–Crippen LogP) is 5.80. The maximum Gasteiger partial charge on any atom is 0.134 e. The highest BCUT2D eigenvalue weighted by Gasteiger charge is 1.99. The van der Waals surface area contributed by atoms with Gasteiger partial charge in [-0.05, 0) is 18.6 Å². The first-order chi connectivity index (χ1) is 10.4. The molecule has 0 unspecified atom stereocenters. The second-order valence-electron chi connectivity index (χ2n) is 5.21. The molecular weight excluding hydrogens is 280 g/mol. The van der Waals surface area contributed by atoms with Gasteiger partial charge in [-0.15, -0.1) is 11.6 Å². The van der Waals surface area contributed by atoms with Gasteiger partial charge in [0.15, 0.2) is 0 Å². The fraction of sp³-hybridized carbons (Fsp3) is 0.579. The van der Waals surface area contributed by atoms with E-state index in [4.69, 9.17) is 16.3 Å². The molecule has 1 aromatic carbocycles. The smallest absolute Gasteiger partial charge is 0.134 e. The van der Waals surface area contributed by atoms with Crippen LogP contribution in [0.15, 0.2) is 24.3 Å². The van der Waals surface area contributed by atoms with E-state index in [1.807, 2.05) is 24.3 Å². The van der Waals surface area contributed by atoms with Gasteiger partial charge in [-0.1, -0.05) is 69.4 Å². The molecule has 116 valence electrons. The number of ether oxygens (including phenoxy) is 1. The number of hydrogen-bond donors (Lipinski definition) is 0. The molecule has 0 spiro atoms. The largest absolute Gasteiger partial charge is 0.492 e. The highest BCUT2D eigenvalue weighted by Crippen LogP contribution is 2.17. The van der Waals surface area contributed by atoms with Gasteiger partial charge in [0.2, 0.25) is 0 Å². The highest BCUT2D eigenvalue weighted by atomic mass is 35.5. The summed E-state index contributed by atoms with van der Waals surface area (Å²) < 4.78 is 5.86. The molecule has 0 atom stereocenters. The van der Waals surface area contributed by atoms with Crippen LogP contribution in [0.2, 0.25) is 0 Å². The number of para-hydroxylation sites is 1. The summed E-state index contributed by atoms with van der Waals surface area (Å²) in [6.07, 6.45) is 9.81. The zero-order chi connectivity index (χ0) is 15.2. The first-order valence-corrected chi connectivity index (χ1v) is 8.68. The maximum absolute atomic E-state index is 5.86. The van der Waals surface area contributed by atoms with Gasteiger partial charge >= 0.3 is 0 Å². The Morgan fingerprint density at radius 3 is 2.48 bits per heavy atom. The van der Waals surface area contributed by atoms with Crippen molar-refractivity contribution in [1.82, 2.24) is 0 Å². The van der Waals surface area contributed by atoms with Gasteiger partial charge < -0.3 is 4.74 Å². The van der Waals surface area contributed by atoms with Crippen molar-refractivity contribution < 1.29 is 4.74 Å². The van der Waals surface area contributed by atoms with Gasteiger partial charge in [0, 0.05) is 12.3 Å².